The summed E-state index contributed by atoms with van der Waals surface area (Å²) in [6, 6.07) is 0. The predicted molar refractivity (Wildman–Crippen MR) is 35.1 cm³/mol. The van der Waals surface area contributed by atoms with Crippen LogP contribution in [0.25, 0.3) is 0 Å². The molecule has 0 aliphatic carbocycles. The van der Waals surface area contributed by atoms with Gasteiger partial charge in [0.2, 0.25) is 5.91 Å². The highest BCUT2D eigenvalue weighted by Gasteiger charge is 2.06. The lowest BCUT2D eigenvalue weighted by Crippen LogP contribution is -2.21. The second-order valence-electron chi connectivity index (χ2n) is 1.71. The van der Waals surface area contributed by atoms with Crippen LogP contribution in [0.3, 0.4) is 0 Å². The maximum absolute atomic E-state index is 10.4. The molecule has 1 amide bonds. The fraction of sp³-hybridized carbons (Fsp3) is 0.750. The first-order chi connectivity index (χ1) is 4.45. The standard InChI is InChI=1S/C4H9NO4S/c1-5-4(6)2-3-10(7,8)9/h2-3H2,1H3,(H,5,6)(H,7,8,9). The van der Waals surface area contributed by atoms with Crippen molar-refractivity contribution in [3.8, 4) is 0 Å². The maximum atomic E-state index is 10.4. The Bertz CT molecular complexity index is 207. The number of rotatable bonds is 3. The summed E-state index contributed by atoms with van der Waals surface area (Å²) in [4.78, 5) is 10.4. The minimum absolute atomic E-state index is 0.199. The van der Waals surface area contributed by atoms with E-state index in [-0.39, 0.29) is 6.42 Å². The molecule has 10 heavy (non-hydrogen) atoms. The maximum Gasteiger partial charge on any atom is 0.265 e. The van der Waals surface area contributed by atoms with E-state index in [1.54, 1.807) is 0 Å². The van der Waals surface area contributed by atoms with Crippen LogP contribution in [-0.2, 0) is 14.9 Å². The highest BCUT2D eigenvalue weighted by Crippen LogP contribution is 1.86. The van der Waals surface area contributed by atoms with Crippen molar-refractivity contribution in [3.63, 3.8) is 0 Å². The van der Waals surface area contributed by atoms with E-state index in [0.29, 0.717) is 0 Å². The van der Waals surface area contributed by atoms with Gasteiger partial charge in [-0.05, 0) is 0 Å². The first kappa shape index (κ1) is 9.38. The summed E-state index contributed by atoms with van der Waals surface area (Å²) in [7, 11) is -2.59. The molecule has 6 heteroatoms. The van der Waals surface area contributed by atoms with E-state index in [0.717, 1.165) is 0 Å². The molecule has 0 aromatic heterocycles. The van der Waals surface area contributed by atoms with Crippen LogP contribution < -0.4 is 5.32 Å². The van der Waals surface area contributed by atoms with Gasteiger partial charge in [-0.15, -0.1) is 0 Å². The van der Waals surface area contributed by atoms with Gasteiger partial charge in [-0.1, -0.05) is 0 Å². The van der Waals surface area contributed by atoms with E-state index in [9.17, 15) is 13.2 Å². The SMILES string of the molecule is CNC(=O)CCS(=O)(=O)O. The van der Waals surface area contributed by atoms with Gasteiger partial charge in [0.15, 0.2) is 0 Å². The fourth-order valence-corrected chi connectivity index (χ4v) is 0.790. The lowest BCUT2D eigenvalue weighted by molar-refractivity contribution is -0.120. The molecule has 0 radical (unpaired) electrons. The van der Waals surface area contributed by atoms with Gasteiger partial charge >= 0.3 is 0 Å². The molecule has 0 aliphatic rings. The van der Waals surface area contributed by atoms with Crippen LogP contribution in [-0.4, -0.2) is 31.7 Å². The quantitative estimate of drug-likeness (QED) is 0.529. The van der Waals surface area contributed by atoms with Crippen LogP contribution >= 0.6 is 0 Å². The van der Waals surface area contributed by atoms with Crippen LogP contribution in [0.2, 0.25) is 0 Å². The van der Waals surface area contributed by atoms with Crippen molar-refractivity contribution in [3.05, 3.63) is 0 Å². The average molecular weight is 167 g/mol. The summed E-state index contributed by atoms with van der Waals surface area (Å²) in [6.07, 6.45) is -0.199. The number of hydrogen-bond donors (Lipinski definition) is 2. The predicted octanol–water partition coefficient (Wildman–Crippen LogP) is -0.990. The largest absolute Gasteiger partial charge is 0.359 e. The molecule has 0 aromatic carbocycles. The summed E-state index contributed by atoms with van der Waals surface area (Å²) in [5, 5.41) is 2.22. The van der Waals surface area contributed by atoms with Crippen LogP contribution in [0.5, 0.6) is 0 Å². The number of amides is 1. The third-order valence-electron chi connectivity index (χ3n) is 0.866. The van der Waals surface area contributed by atoms with Gasteiger partial charge < -0.3 is 5.32 Å². The zero-order chi connectivity index (χ0) is 8.20. The molecule has 2 N–H and O–H groups in total. The smallest absolute Gasteiger partial charge is 0.265 e. The van der Waals surface area contributed by atoms with Crippen molar-refractivity contribution in [2.24, 2.45) is 0 Å². The Morgan fingerprint density at radius 1 is 1.60 bits per heavy atom. The van der Waals surface area contributed by atoms with Crippen molar-refractivity contribution < 1.29 is 17.8 Å². The number of carbonyl (C=O) groups excluding carboxylic acids is 1. The Morgan fingerprint density at radius 2 is 2.10 bits per heavy atom. The Kier molecular flexibility index (Phi) is 3.31. The molecular weight excluding hydrogens is 158 g/mol. The Morgan fingerprint density at radius 3 is 2.40 bits per heavy atom. The molecule has 60 valence electrons. The van der Waals surface area contributed by atoms with Gasteiger partial charge in [0, 0.05) is 13.5 Å². The van der Waals surface area contributed by atoms with E-state index in [1.807, 2.05) is 0 Å². The third-order valence-corrected chi connectivity index (χ3v) is 1.59. The molecule has 0 aliphatic heterocycles. The second kappa shape index (κ2) is 3.52. The zero-order valence-electron chi connectivity index (χ0n) is 5.49. The number of carbonyl (C=O) groups is 1. The van der Waals surface area contributed by atoms with Gasteiger partial charge in [0.1, 0.15) is 0 Å². The molecule has 0 unspecified atom stereocenters. The van der Waals surface area contributed by atoms with Crippen LogP contribution in [0.4, 0.5) is 0 Å². The Labute approximate surface area is 59.2 Å². The average Bonchev–Trinajstić information content (AvgIpc) is 1.81. The van der Waals surface area contributed by atoms with Crippen molar-refractivity contribution in [1.29, 1.82) is 0 Å². The summed E-state index contributed by atoms with van der Waals surface area (Å²) >= 11 is 0. The van der Waals surface area contributed by atoms with Gasteiger partial charge in [0.25, 0.3) is 10.1 Å². The molecule has 0 saturated heterocycles. The zero-order valence-corrected chi connectivity index (χ0v) is 6.31. The molecule has 0 fully saturated rings. The molecule has 0 atom stereocenters. The fourth-order valence-electron chi connectivity index (χ4n) is 0.347. The molecular formula is C4H9NO4S. The van der Waals surface area contributed by atoms with E-state index in [4.69, 9.17) is 4.55 Å². The monoisotopic (exact) mass is 167 g/mol. The molecule has 0 spiro atoms. The highest BCUT2D eigenvalue weighted by atomic mass is 32.2. The summed E-state index contributed by atoms with van der Waals surface area (Å²) < 4.78 is 28.2. The van der Waals surface area contributed by atoms with Crippen molar-refractivity contribution >= 4 is 16.0 Å². The molecule has 0 bridgehead atoms. The first-order valence-corrected chi connectivity index (χ1v) is 4.22. The Hall–Kier alpha value is -0.620. The minimum Gasteiger partial charge on any atom is -0.359 e. The van der Waals surface area contributed by atoms with Gasteiger partial charge in [-0.3, -0.25) is 9.35 Å². The molecule has 5 nitrogen and oxygen atoms in total. The molecule has 0 rings (SSSR count). The third kappa shape index (κ3) is 5.52. The summed E-state index contributed by atoms with van der Waals surface area (Å²) in [5.74, 6) is -0.926. The first-order valence-electron chi connectivity index (χ1n) is 2.61. The van der Waals surface area contributed by atoms with Crippen molar-refractivity contribution in [1.82, 2.24) is 5.32 Å². The van der Waals surface area contributed by atoms with Crippen molar-refractivity contribution in [2.45, 2.75) is 6.42 Å². The van der Waals surface area contributed by atoms with Crippen molar-refractivity contribution in [2.75, 3.05) is 12.8 Å². The van der Waals surface area contributed by atoms with Gasteiger partial charge in [0.05, 0.1) is 5.75 Å². The van der Waals surface area contributed by atoms with Crippen LogP contribution in [0.1, 0.15) is 6.42 Å². The van der Waals surface area contributed by atoms with Gasteiger partial charge in [-0.2, -0.15) is 8.42 Å². The van der Waals surface area contributed by atoms with E-state index < -0.39 is 21.8 Å². The van der Waals surface area contributed by atoms with E-state index in [2.05, 4.69) is 5.32 Å². The lowest BCUT2D eigenvalue weighted by atomic mass is 10.5. The van der Waals surface area contributed by atoms with E-state index >= 15 is 0 Å². The molecule has 0 heterocycles. The van der Waals surface area contributed by atoms with Crippen LogP contribution in [0.15, 0.2) is 0 Å². The molecule has 0 aromatic rings. The Balaban J connectivity index is 3.67. The highest BCUT2D eigenvalue weighted by molar-refractivity contribution is 7.85. The number of nitrogens with one attached hydrogen (secondary N) is 1. The van der Waals surface area contributed by atoms with Gasteiger partial charge in [-0.25, -0.2) is 0 Å². The van der Waals surface area contributed by atoms with E-state index in [1.165, 1.54) is 7.05 Å². The lowest BCUT2D eigenvalue weighted by Gasteiger charge is -1.95. The topological polar surface area (TPSA) is 83.5 Å². The van der Waals surface area contributed by atoms with Crippen LogP contribution in [0, 0.1) is 0 Å². The summed E-state index contributed by atoms with van der Waals surface area (Å²) in [6.45, 7) is 0. The summed E-state index contributed by atoms with van der Waals surface area (Å²) in [5.41, 5.74) is 0. The normalized spacial score (nSPS) is 11.0. The number of hydrogen-bond acceptors (Lipinski definition) is 3. The minimum atomic E-state index is -3.99. The molecule has 0 saturated carbocycles. The second-order valence-corrected chi connectivity index (χ2v) is 3.28.